The zero-order chi connectivity index (χ0) is 18.1. The van der Waals surface area contributed by atoms with Crippen LogP contribution >= 0.6 is 0 Å². The van der Waals surface area contributed by atoms with Gasteiger partial charge in [-0.2, -0.15) is 0 Å². The molecule has 0 aromatic carbocycles. The van der Waals surface area contributed by atoms with E-state index in [4.69, 9.17) is 0 Å². The Hall–Kier alpha value is -1.47. The Bertz CT molecular complexity index is 623. The van der Waals surface area contributed by atoms with Gasteiger partial charge in [-0.3, -0.25) is 14.4 Å². The summed E-state index contributed by atoms with van der Waals surface area (Å²) < 4.78 is 1.98. The second-order valence-electron chi connectivity index (χ2n) is 8.70. The summed E-state index contributed by atoms with van der Waals surface area (Å²) >= 11 is 0. The molecule has 2 bridgehead atoms. The Balaban J connectivity index is 1.33. The number of carbonyl (C=O) groups excluding carboxylic acids is 1. The summed E-state index contributed by atoms with van der Waals surface area (Å²) in [6.45, 7) is 3.73. The van der Waals surface area contributed by atoms with Crippen LogP contribution in [0.4, 0.5) is 0 Å². The lowest BCUT2D eigenvalue weighted by Crippen LogP contribution is -2.58. The van der Waals surface area contributed by atoms with Crippen molar-refractivity contribution in [3.63, 3.8) is 0 Å². The first-order chi connectivity index (χ1) is 12.6. The van der Waals surface area contributed by atoms with E-state index in [2.05, 4.69) is 31.6 Å². The molecule has 4 aliphatic rings. The molecule has 26 heavy (non-hydrogen) atoms. The molecule has 1 aliphatic carbocycles. The van der Waals surface area contributed by atoms with Crippen LogP contribution in [-0.2, 0) is 17.9 Å². The van der Waals surface area contributed by atoms with E-state index in [-0.39, 0.29) is 5.92 Å². The number of amides is 1. The third kappa shape index (κ3) is 3.93. The summed E-state index contributed by atoms with van der Waals surface area (Å²) in [6, 6.07) is 0.914. The van der Waals surface area contributed by atoms with Crippen molar-refractivity contribution >= 4 is 5.91 Å². The van der Waals surface area contributed by atoms with E-state index in [9.17, 15) is 4.79 Å². The monoisotopic (exact) mass is 360 g/mol. The normalized spacial score (nSPS) is 31.7. The Morgan fingerprint density at radius 1 is 1.31 bits per heavy atom. The fourth-order valence-electron chi connectivity index (χ4n) is 5.04. The van der Waals surface area contributed by atoms with Crippen molar-refractivity contribution in [2.24, 2.45) is 11.8 Å². The van der Waals surface area contributed by atoms with Crippen molar-refractivity contribution in [1.82, 2.24) is 30.1 Å². The third-order valence-electron chi connectivity index (χ3n) is 6.38. The predicted octanol–water partition coefficient (Wildman–Crippen LogP) is 1.11. The zero-order valence-corrected chi connectivity index (χ0v) is 16.1. The molecule has 1 saturated carbocycles. The second kappa shape index (κ2) is 7.64. The largest absolute Gasteiger partial charge is 0.353 e. The molecule has 5 rings (SSSR count). The molecule has 0 spiro atoms. The number of fused-ring (bicyclic) bond motifs is 3. The minimum Gasteiger partial charge on any atom is -0.353 e. The molecular weight excluding hydrogens is 328 g/mol. The molecule has 4 fully saturated rings. The minimum atomic E-state index is 0.181. The second-order valence-corrected chi connectivity index (χ2v) is 8.70. The maximum absolute atomic E-state index is 12.7. The maximum atomic E-state index is 12.7. The van der Waals surface area contributed by atoms with Crippen LogP contribution in [0.15, 0.2) is 6.20 Å². The van der Waals surface area contributed by atoms with Crippen molar-refractivity contribution in [3.8, 4) is 0 Å². The van der Waals surface area contributed by atoms with Gasteiger partial charge in [0.2, 0.25) is 5.91 Å². The number of nitrogens with one attached hydrogen (secondary N) is 1. The van der Waals surface area contributed by atoms with E-state index in [0.717, 1.165) is 57.6 Å². The van der Waals surface area contributed by atoms with Crippen molar-refractivity contribution in [3.05, 3.63) is 11.9 Å². The fraction of sp³-hybridized carbons (Fsp3) is 0.842. The lowest BCUT2D eigenvalue weighted by atomic mass is 9.75. The molecule has 1 N–H and O–H groups in total. The van der Waals surface area contributed by atoms with Gasteiger partial charge in [-0.05, 0) is 52.2 Å². The van der Waals surface area contributed by atoms with Crippen molar-refractivity contribution in [2.75, 3.05) is 27.2 Å². The molecule has 0 radical (unpaired) electrons. The molecule has 3 aliphatic heterocycles. The van der Waals surface area contributed by atoms with Crippen LogP contribution in [0.25, 0.3) is 0 Å². The van der Waals surface area contributed by atoms with E-state index in [1.165, 1.54) is 12.8 Å². The molecule has 1 aromatic heterocycles. The highest BCUT2D eigenvalue weighted by Crippen LogP contribution is 2.37. The molecular formula is C19H32N6O. The lowest BCUT2D eigenvalue weighted by Gasteiger charge is -2.49. The molecule has 4 atom stereocenters. The minimum absolute atomic E-state index is 0.181. The van der Waals surface area contributed by atoms with E-state index < -0.39 is 0 Å². The van der Waals surface area contributed by atoms with Crippen LogP contribution in [0.5, 0.6) is 0 Å². The van der Waals surface area contributed by atoms with E-state index in [0.29, 0.717) is 23.9 Å². The molecule has 4 heterocycles. The van der Waals surface area contributed by atoms with Gasteiger partial charge >= 0.3 is 0 Å². The number of nitrogens with zero attached hydrogens (tertiary/aromatic N) is 5. The summed E-state index contributed by atoms with van der Waals surface area (Å²) in [5.41, 5.74) is 1.01. The van der Waals surface area contributed by atoms with Gasteiger partial charge in [0.25, 0.3) is 0 Å². The van der Waals surface area contributed by atoms with Crippen LogP contribution in [0.2, 0.25) is 0 Å². The first-order valence-electron chi connectivity index (χ1n) is 10.2. The molecule has 7 heteroatoms. The highest BCUT2D eigenvalue weighted by Gasteiger charge is 2.43. The zero-order valence-electron chi connectivity index (χ0n) is 16.1. The number of hydrogen-bond acceptors (Lipinski definition) is 5. The van der Waals surface area contributed by atoms with Gasteiger partial charge in [0.15, 0.2) is 0 Å². The molecule has 3 saturated heterocycles. The quantitative estimate of drug-likeness (QED) is 0.823. The van der Waals surface area contributed by atoms with Gasteiger partial charge < -0.3 is 10.2 Å². The molecule has 4 unspecified atom stereocenters. The van der Waals surface area contributed by atoms with Crippen molar-refractivity contribution in [2.45, 2.75) is 63.7 Å². The average molecular weight is 361 g/mol. The van der Waals surface area contributed by atoms with Gasteiger partial charge in [0.05, 0.1) is 18.2 Å². The Morgan fingerprint density at radius 2 is 2.12 bits per heavy atom. The highest BCUT2D eigenvalue weighted by molar-refractivity contribution is 5.79. The first kappa shape index (κ1) is 17.9. The van der Waals surface area contributed by atoms with Crippen molar-refractivity contribution in [1.29, 1.82) is 0 Å². The summed E-state index contributed by atoms with van der Waals surface area (Å²) in [5.74, 6) is 1.01. The summed E-state index contributed by atoms with van der Waals surface area (Å²) in [7, 11) is 4.09. The SMILES string of the molecule is CN(C)Cc1cn(CC2CC3CCN2CC3C(=O)NC2CCCC2)nn1. The summed E-state index contributed by atoms with van der Waals surface area (Å²) in [4.78, 5) is 17.4. The van der Waals surface area contributed by atoms with Gasteiger partial charge in [-0.1, -0.05) is 18.1 Å². The van der Waals surface area contributed by atoms with Gasteiger partial charge in [0, 0.05) is 31.4 Å². The van der Waals surface area contributed by atoms with Gasteiger partial charge in [-0.15, -0.1) is 5.10 Å². The molecule has 144 valence electrons. The van der Waals surface area contributed by atoms with Gasteiger partial charge in [0.1, 0.15) is 0 Å². The smallest absolute Gasteiger partial charge is 0.224 e. The molecule has 7 nitrogen and oxygen atoms in total. The van der Waals surface area contributed by atoms with E-state index >= 15 is 0 Å². The van der Waals surface area contributed by atoms with Crippen molar-refractivity contribution < 1.29 is 4.79 Å². The molecule has 1 aromatic rings. The number of aromatic nitrogens is 3. The van der Waals surface area contributed by atoms with Gasteiger partial charge in [-0.25, -0.2) is 0 Å². The number of piperidine rings is 3. The van der Waals surface area contributed by atoms with Crippen LogP contribution in [0, 0.1) is 11.8 Å². The van der Waals surface area contributed by atoms with Crippen LogP contribution in [-0.4, -0.2) is 70.0 Å². The lowest BCUT2D eigenvalue weighted by molar-refractivity contribution is -0.133. The highest BCUT2D eigenvalue weighted by atomic mass is 16.2. The fourth-order valence-corrected chi connectivity index (χ4v) is 5.04. The van der Waals surface area contributed by atoms with E-state index in [1.54, 1.807) is 0 Å². The molecule has 1 amide bonds. The number of rotatable bonds is 6. The van der Waals surface area contributed by atoms with Crippen LogP contribution in [0.3, 0.4) is 0 Å². The summed E-state index contributed by atoms with van der Waals surface area (Å²) in [6.07, 6.45) is 9.18. The topological polar surface area (TPSA) is 66.3 Å². The standard InChI is InChI=1S/C19H32N6O/c1-23(2)10-16-11-25(22-21-16)12-17-9-14-7-8-24(17)13-18(14)19(26)20-15-5-3-4-6-15/h11,14-15,17-18H,3-10,12-13H2,1-2H3,(H,20,26). The average Bonchev–Trinajstić information content (AvgIpc) is 3.27. The summed E-state index contributed by atoms with van der Waals surface area (Å²) in [5, 5.41) is 11.9. The van der Waals surface area contributed by atoms with E-state index in [1.807, 2.05) is 18.8 Å². The first-order valence-corrected chi connectivity index (χ1v) is 10.2. The number of hydrogen-bond donors (Lipinski definition) is 1. The van der Waals surface area contributed by atoms with Crippen LogP contribution < -0.4 is 5.32 Å². The maximum Gasteiger partial charge on any atom is 0.224 e. The Kier molecular flexibility index (Phi) is 5.27. The Labute approximate surface area is 156 Å². The number of carbonyl (C=O) groups is 1. The van der Waals surface area contributed by atoms with Crippen LogP contribution in [0.1, 0.15) is 44.2 Å². The predicted molar refractivity (Wildman–Crippen MR) is 99.4 cm³/mol. The Morgan fingerprint density at radius 3 is 2.81 bits per heavy atom. The third-order valence-corrected chi connectivity index (χ3v) is 6.38.